The maximum atomic E-state index is 12.4. The molecule has 186 valence electrons. The van der Waals surface area contributed by atoms with E-state index in [9.17, 15) is 14.9 Å². The number of ether oxygens (including phenoxy) is 3. The zero-order valence-electron chi connectivity index (χ0n) is 19.8. The molecule has 0 bridgehead atoms. The third-order valence-corrected chi connectivity index (χ3v) is 5.21. The summed E-state index contributed by atoms with van der Waals surface area (Å²) in [7, 11) is 4.54. The molecule has 1 amide bonds. The van der Waals surface area contributed by atoms with Crippen molar-refractivity contribution in [1.29, 1.82) is 0 Å². The van der Waals surface area contributed by atoms with Crippen LogP contribution in [0.1, 0.15) is 5.69 Å². The van der Waals surface area contributed by atoms with Gasteiger partial charge in [0.05, 0.1) is 38.2 Å². The monoisotopic (exact) mass is 494 g/mol. The molecule has 4 aromatic rings. The average molecular weight is 494 g/mol. The Labute approximate surface area is 204 Å². The zero-order chi connectivity index (χ0) is 25.8. The predicted octanol–water partition coefficient (Wildman–Crippen LogP) is 3.48. The number of carbonyl (C=O) groups is 1. The largest absolute Gasteiger partial charge is 0.493 e. The molecule has 0 aliphatic carbocycles. The molecule has 0 radical (unpaired) electrons. The van der Waals surface area contributed by atoms with Gasteiger partial charge in [-0.3, -0.25) is 4.79 Å². The van der Waals surface area contributed by atoms with Crippen LogP contribution in [0.3, 0.4) is 0 Å². The van der Waals surface area contributed by atoms with Crippen molar-refractivity contribution in [2.75, 3.05) is 26.6 Å². The summed E-state index contributed by atoms with van der Waals surface area (Å²) in [5.41, 5.74) is 2.28. The van der Waals surface area contributed by atoms with E-state index in [0.717, 1.165) is 0 Å². The quantitative estimate of drug-likeness (QED) is 0.270. The van der Waals surface area contributed by atoms with Gasteiger partial charge in [0.1, 0.15) is 6.54 Å². The van der Waals surface area contributed by atoms with Crippen LogP contribution in [0.15, 0.2) is 47.0 Å². The topological polar surface area (TPSA) is 157 Å². The molecule has 4 rings (SSSR count). The molecule has 0 saturated carbocycles. The molecule has 0 fully saturated rings. The Morgan fingerprint density at radius 2 is 1.72 bits per heavy atom. The SMILES string of the molecule is COc1cc(-c2nc(-c3ccc(NC(=O)Cn4nc([N+](=O)[O-])cc4C)cc3)no2)cc(OC)c1OC. The first-order valence-electron chi connectivity index (χ1n) is 10.6. The lowest BCUT2D eigenvalue weighted by atomic mass is 10.1. The first-order valence-corrected chi connectivity index (χ1v) is 10.6. The molecule has 13 heteroatoms. The highest BCUT2D eigenvalue weighted by atomic mass is 16.6. The van der Waals surface area contributed by atoms with Crippen molar-refractivity contribution in [1.82, 2.24) is 19.9 Å². The number of methoxy groups -OCH3 is 3. The van der Waals surface area contributed by atoms with E-state index in [1.165, 1.54) is 32.1 Å². The van der Waals surface area contributed by atoms with Crippen molar-refractivity contribution >= 4 is 17.4 Å². The number of amides is 1. The van der Waals surface area contributed by atoms with Crippen LogP contribution in [-0.4, -0.2) is 52.1 Å². The first-order chi connectivity index (χ1) is 17.3. The standard InChI is InChI=1S/C23H22N6O7/c1-13-9-19(29(31)32)26-28(13)12-20(30)24-16-7-5-14(6-8-16)22-25-23(36-27-22)15-10-17(33-2)21(35-4)18(11-15)34-3/h5-11H,12H2,1-4H3,(H,24,30). The second-order valence-corrected chi connectivity index (χ2v) is 7.52. The van der Waals surface area contributed by atoms with Gasteiger partial charge in [-0.15, -0.1) is 0 Å². The summed E-state index contributed by atoms with van der Waals surface area (Å²) >= 11 is 0. The number of hydrogen-bond donors (Lipinski definition) is 1. The van der Waals surface area contributed by atoms with E-state index in [2.05, 4.69) is 20.6 Å². The Bertz CT molecular complexity index is 1390. The van der Waals surface area contributed by atoms with E-state index in [1.807, 2.05) is 0 Å². The van der Waals surface area contributed by atoms with Gasteiger partial charge in [0.15, 0.2) is 11.5 Å². The summed E-state index contributed by atoms with van der Waals surface area (Å²) < 4.78 is 22.8. The van der Waals surface area contributed by atoms with Gasteiger partial charge in [-0.05, 0) is 48.2 Å². The smallest absolute Gasteiger partial charge is 0.390 e. The van der Waals surface area contributed by atoms with Crippen LogP contribution in [-0.2, 0) is 11.3 Å². The normalized spacial score (nSPS) is 10.7. The number of hydrogen-bond acceptors (Lipinski definition) is 10. The second-order valence-electron chi connectivity index (χ2n) is 7.52. The summed E-state index contributed by atoms with van der Waals surface area (Å²) in [6.07, 6.45) is 0. The van der Waals surface area contributed by atoms with Crippen LogP contribution in [0.5, 0.6) is 17.2 Å². The van der Waals surface area contributed by atoms with Crippen LogP contribution < -0.4 is 19.5 Å². The van der Waals surface area contributed by atoms with Crippen molar-refractivity contribution in [3.8, 4) is 40.1 Å². The first kappa shape index (κ1) is 24.2. The Morgan fingerprint density at radius 1 is 1.06 bits per heavy atom. The molecule has 1 N–H and O–H groups in total. The minimum Gasteiger partial charge on any atom is -0.493 e. The van der Waals surface area contributed by atoms with Gasteiger partial charge in [0, 0.05) is 16.8 Å². The average Bonchev–Trinajstić information content (AvgIpc) is 3.51. The minimum absolute atomic E-state index is 0.162. The highest BCUT2D eigenvalue weighted by Crippen LogP contribution is 2.41. The molecule has 0 spiro atoms. The summed E-state index contributed by atoms with van der Waals surface area (Å²) in [5.74, 6) is 1.26. The van der Waals surface area contributed by atoms with E-state index >= 15 is 0 Å². The van der Waals surface area contributed by atoms with Crippen molar-refractivity contribution in [2.45, 2.75) is 13.5 Å². The van der Waals surface area contributed by atoms with E-state index < -0.39 is 4.92 Å². The Balaban J connectivity index is 1.47. The Morgan fingerprint density at radius 3 is 2.28 bits per heavy atom. The second kappa shape index (κ2) is 10.1. The molecular formula is C23H22N6O7. The van der Waals surface area contributed by atoms with Crippen LogP contribution in [0.2, 0.25) is 0 Å². The van der Waals surface area contributed by atoms with Crippen LogP contribution >= 0.6 is 0 Å². The molecule has 0 unspecified atom stereocenters. The summed E-state index contributed by atoms with van der Waals surface area (Å²) in [6, 6.07) is 11.5. The van der Waals surface area contributed by atoms with Gasteiger partial charge < -0.3 is 34.2 Å². The highest BCUT2D eigenvalue weighted by Gasteiger charge is 2.19. The van der Waals surface area contributed by atoms with Crippen LogP contribution in [0, 0.1) is 17.0 Å². The Hall–Kier alpha value is -4.94. The van der Waals surface area contributed by atoms with E-state index in [1.54, 1.807) is 43.3 Å². The number of anilines is 1. The van der Waals surface area contributed by atoms with Crippen LogP contribution in [0.4, 0.5) is 11.5 Å². The number of nitrogens with zero attached hydrogens (tertiary/aromatic N) is 5. The maximum Gasteiger partial charge on any atom is 0.390 e. The van der Waals surface area contributed by atoms with Crippen molar-refractivity contribution in [3.63, 3.8) is 0 Å². The predicted molar refractivity (Wildman–Crippen MR) is 127 cm³/mol. The number of aromatic nitrogens is 4. The molecular weight excluding hydrogens is 472 g/mol. The Kier molecular flexibility index (Phi) is 6.81. The lowest BCUT2D eigenvalue weighted by molar-refractivity contribution is -0.389. The van der Waals surface area contributed by atoms with Crippen molar-refractivity contribution < 1.29 is 28.5 Å². The van der Waals surface area contributed by atoms with Gasteiger partial charge in [-0.2, -0.15) is 9.67 Å². The van der Waals surface area contributed by atoms with Crippen molar-refractivity contribution in [2.24, 2.45) is 0 Å². The summed E-state index contributed by atoms with van der Waals surface area (Å²) in [5, 5.41) is 21.4. The van der Waals surface area contributed by atoms with Gasteiger partial charge in [-0.1, -0.05) is 5.16 Å². The van der Waals surface area contributed by atoms with Gasteiger partial charge in [-0.25, -0.2) is 0 Å². The number of nitro groups is 1. The number of benzene rings is 2. The molecule has 13 nitrogen and oxygen atoms in total. The molecule has 36 heavy (non-hydrogen) atoms. The van der Waals surface area contributed by atoms with Crippen LogP contribution in [0.25, 0.3) is 22.8 Å². The van der Waals surface area contributed by atoms with Gasteiger partial charge in [0.2, 0.25) is 17.5 Å². The van der Waals surface area contributed by atoms with Crippen molar-refractivity contribution in [3.05, 3.63) is 58.3 Å². The molecule has 0 saturated heterocycles. The summed E-state index contributed by atoms with van der Waals surface area (Å²) in [6.45, 7) is 1.48. The molecule has 0 aliphatic rings. The third-order valence-electron chi connectivity index (χ3n) is 5.21. The number of nitrogens with one attached hydrogen (secondary N) is 1. The fourth-order valence-corrected chi connectivity index (χ4v) is 3.44. The third kappa shape index (κ3) is 4.94. The highest BCUT2D eigenvalue weighted by molar-refractivity contribution is 5.90. The number of aryl methyl sites for hydroxylation is 1. The summed E-state index contributed by atoms with van der Waals surface area (Å²) in [4.78, 5) is 27.1. The van der Waals surface area contributed by atoms with E-state index in [-0.39, 0.29) is 24.2 Å². The molecule has 2 heterocycles. The lowest BCUT2D eigenvalue weighted by Gasteiger charge is -2.12. The lowest BCUT2D eigenvalue weighted by Crippen LogP contribution is -2.20. The van der Waals surface area contributed by atoms with Gasteiger partial charge in [0.25, 0.3) is 5.89 Å². The maximum absolute atomic E-state index is 12.4. The fraction of sp³-hybridized carbons (Fsp3) is 0.217. The minimum atomic E-state index is -0.606. The number of carbonyl (C=O) groups excluding carboxylic acids is 1. The van der Waals surface area contributed by atoms with Gasteiger partial charge >= 0.3 is 5.82 Å². The molecule has 0 atom stereocenters. The molecule has 2 aromatic heterocycles. The number of rotatable bonds is 9. The van der Waals surface area contributed by atoms with E-state index in [4.69, 9.17) is 18.7 Å². The van der Waals surface area contributed by atoms with E-state index in [0.29, 0.717) is 45.6 Å². The zero-order valence-corrected chi connectivity index (χ0v) is 19.8. The molecule has 2 aromatic carbocycles. The molecule has 0 aliphatic heterocycles. The fourth-order valence-electron chi connectivity index (χ4n) is 3.44.